The van der Waals surface area contributed by atoms with E-state index in [-0.39, 0.29) is 23.9 Å². The Hall–Kier alpha value is -2.04. The van der Waals surface area contributed by atoms with Gasteiger partial charge in [-0.3, -0.25) is 4.79 Å². The number of carbonyl (C=O) groups excluding carboxylic acids is 2. The van der Waals surface area contributed by atoms with Crippen molar-refractivity contribution in [2.24, 2.45) is 5.92 Å². The molecule has 25 heavy (non-hydrogen) atoms. The summed E-state index contributed by atoms with van der Waals surface area (Å²) in [6.07, 6.45) is 5.07. The number of carbonyl (C=O) groups is 2. The SMILES string of the molecule is CN(C)C(=O)C1CCN(C(=O)NC2CCC(c3ccccc3)CC2)C1. The topological polar surface area (TPSA) is 52.7 Å². The number of rotatable bonds is 3. The summed E-state index contributed by atoms with van der Waals surface area (Å²) < 4.78 is 0. The Balaban J connectivity index is 1.45. The summed E-state index contributed by atoms with van der Waals surface area (Å²) in [7, 11) is 3.55. The molecule has 1 aliphatic carbocycles. The number of likely N-dealkylation sites (tertiary alicyclic amines) is 1. The van der Waals surface area contributed by atoms with Crippen LogP contribution in [0.5, 0.6) is 0 Å². The molecule has 1 aliphatic heterocycles. The Morgan fingerprint density at radius 3 is 2.36 bits per heavy atom. The molecule has 0 aromatic heterocycles. The number of benzene rings is 1. The standard InChI is InChI=1S/C20H29N3O2/c1-22(2)19(24)17-12-13-23(14-17)20(25)21-18-10-8-16(9-11-18)15-6-4-3-5-7-15/h3-7,16-18H,8-14H2,1-2H3,(H,21,25). The van der Waals surface area contributed by atoms with Crippen molar-refractivity contribution in [3.8, 4) is 0 Å². The molecule has 0 bridgehead atoms. The Labute approximate surface area is 150 Å². The van der Waals surface area contributed by atoms with Crippen molar-refractivity contribution in [3.05, 3.63) is 35.9 Å². The van der Waals surface area contributed by atoms with Crippen molar-refractivity contribution in [1.29, 1.82) is 0 Å². The Morgan fingerprint density at radius 1 is 1.04 bits per heavy atom. The van der Waals surface area contributed by atoms with Gasteiger partial charge >= 0.3 is 6.03 Å². The number of hydrogen-bond donors (Lipinski definition) is 1. The summed E-state index contributed by atoms with van der Waals surface area (Å²) in [6, 6.07) is 10.9. The van der Waals surface area contributed by atoms with E-state index in [9.17, 15) is 9.59 Å². The van der Waals surface area contributed by atoms with Gasteiger partial charge in [0.05, 0.1) is 5.92 Å². The van der Waals surface area contributed by atoms with Crippen LogP contribution in [0.4, 0.5) is 4.79 Å². The number of amides is 3. The minimum Gasteiger partial charge on any atom is -0.349 e. The molecule has 1 aromatic carbocycles. The third-order valence-electron chi connectivity index (χ3n) is 5.59. The Morgan fingerprint density at radius 2 is 1.72 bits per heavy atom. The third-order valence-corrected chi connectivity index (χ3v) is 5.59. The van der Waals surface area contributed by atoms with Crippen LogP contribution < -0.4 is 5.32 Å². The molecule has 1 atom stereocenters. The molecule has 0 spiro atoms. The van der Waals surface area contributed by atoms with Crippen molar-refractivity contribution in [2.45, 2.75) is 44.1 Å². The van der Waals surface area contributed by atoms with Crippen LogP contribution in [0.1, 0.15) is 43.6 Å². The van der Waals surface area contributed by atoms with E-state index < -0.39 is 0 Å². The average molecular weight is 343 g/mol. The third kappa shape index (κ3) is 4.33. The first-order valence-electron chi connectivity index (χ1n) is 9.36. The molecular formula is C20H29N3O2. The minimum absolute atomic E-state index is 0.00258. The van der Waals surface area contributed by atoms with Crippen molar-refractivity contribution in [3.63, 3.8) is 0 Å². The molecule has 1 N–H and O–H groups in total. The number of nitrogens with one attached hydrogen (secondary N) is 1. The average Bonchev–Trinajstić information content (AvgIpc) is 3.12. The molecular weight excluding hydrogens is 314 g/mol. The van der Waals surface area contributed by atoms with E-state index in [1.165, 1.54) is 5.56 Å². The minimum atomic E-state index is -0.0467. The fraction of sp³-hybridized carbons (Fsp3) is 0.600. The molecule has 2 fully saturated rings. The lowest BCUT2D eigenvalue weighted by Crippen LogP contribution is -2.45. The maximum atomic E-state index is 12.5. The van der Waals surface area contributed by atoms with Crippen molar-refractivity contribution in [1.82, 2.24) is 15.1 Å². The molecule has 5 nitrogen and oxygen atoms in total. The molecule has 3 rings (SSSR count). The normalized spacial score (nSPS) is 26.3. The maximum absolute atomic E-state index is 12.5. The van der Waals surface area contributed by atoms with E-state index in [2.05, 4.69) is 35.6 Å². The summed E-state index contributed by atoms with van der Waals surface area (Å²) in [5.74, 6) is 0.691. The maximum Gasteiger partial charge on any atom is 0.317 e. The highest BCUT2D eigenvalue weighted by Gasteiger charge is 2.33. The van der Waals surface area contributed by atoms with Crippen LogP contribution in [0.15, 0.2) is 30.3 Å². The number of hydrogen-bond acceptors (Lipinski definition) is 2. The zero-order chi connectivity index (χ0) is 17.8. The lowest BCUT2D eigenvalue weighted by molar-refractivity contribution is -0.132. The van der Waals surface area contributed by atoms with Gasteiger partial charge in [-0.15, -0.1) is 0 Å². The second-order valence-electron chi connectivity index (χ2n) is 7.57. The number of urea groups is 1. The van der Waals surface area contributed by atoms with Crippen LogP contribution in [0, 0.1) is 5.92 Å². The van der Waals surface area contributed by atoms with Gasteiger partial charge in [0.25, 0.3) is 0 Å². The highest BCUT2D eigenvalue weighted by molar-refractivity contribution is 5.81. The highest BCUT2D eigenvalue weighted by atomic mass is 16.2. The van der Waals surface area contributed by atoms with Crippen LogP contribution in [0.3, 0.4) is 0 Å². The van der Waals surface area contributed by atoms with Gasteiger partial charge in [0.15, 0.2) is 0 Å². The quantitative estimate of drug-likeness (QED) is 0.917. The van der Waals surface area contributed by atoms with E-state index in [1.54, 1.807) is 23.9 Å². The lowest BCUT2D eigenvalue weighted by Gasteiger charge is -2.30. The molecule has 1 heterocycles. The molecule has 0 radical (unpaired) electrons. The van der Waals surface area contributed by atoms with Gasteiger partial charge in [-0.1, -0.05) is 30.3 Å². The second kappa shape index (κ2) is 7.89. The predicted molar refractivity (Wildman–Crippen MR) is 98.3 cm³/mol. The largest absolute Gasteiger partial charge is 0.349 e. The fourth-order valence-electron chi connectivity index (χ4n) is 4.07. The van der Waals surface area contributed by atoms with Crippen LogP contribution >= 0.6 is 0 Å². The van der Waals surface area contributed by atoms with Crippen LogP contribution in [0.2, 0.25) is 0 Å². The Kier molecular flexibility index (Phi) is 5.61. The first-order valence-corrected chi connectivity index (χ1v) is 9.36. The van der Waals surface area contributed by atoms with E-state index in [1.807, 2.05) is 0 Å². The molecule has 1 aromatic rings. The van der Waals surface area contributed by atoms with Gasteiger partial charge in [0.2, 0.25) is 5.91 Å². The van der Waals surface area contributed by atoms with Gasteiger partial charge in [-0.05, 0) is 43.6 Å². The zero-order valence-electron chi connectivity index (χ0n) is 15.3. The van der Waals surface area contributed by atoms with Crippen LogP contribution in [-0.2, 0) is 4.79 Å². The molecule has 5 heteroatoms. The van der Waals surface area contributed by atoms with Gasteiger partial charge in [-0.25, -0.2) is 4.79 Å². The summed E-state index contributed by atoms with van der Waals surface area (Å²) >= 11 is 0. The Bertz CT molecular complexity index is 594. The van der Waals surface area contributed by atoms with Crippen LogP contribution in [0.25, 0.3) is 0 Å². The monoisotopic (exact) mass is 343 g/mol. The summed E-state index contributed by atoms with van der Waals surface area (Å²) in [6.45, 7) is 1.22. The molecule has 1 unspecified atom stereocenters. The number of nitrogens with zero attached hydrogens (tertiary/aromatic N) is 2. The lowest BCUT2D eigenvalue weighted by atomic mass is 9.82. The smallest absolute Gasteiger partial charge is 0.317 e. The molecule has 2 aliphatic rings. The van der Waals surface area contributed by atoms with Crippen LogP contribution in [-0.4, -0.2) is 55.0 Å². The molecule has 1 saturated heterocycles. The fourth-order valence-corrected chi connectivity index (χ4v) is 4.07. The van der Waals surface area contributed by atoms with E-state index >= 15 is 0 Å². The summed E-state index contributed by atoms with van der Waals surface area (Å²) in [5, 5.41) is 3.18. The second-order valence-corrected chi connectivity index (χ2v) is 7.57. The van der Waals surface area contributed by atoms with Gasteiger partial charge < -0.3 is 15.1 Å². The molecule has 1 saturated carbocycles. The zero-order valence-corrected chi connectivity index (χ0v) is 15.3. The van der Waals surface area contributed by atoms with Gasteiger partial charge in [0.1, 0.15) is 0 Å². The molecule has 136 valence electrons. The summed E-state index contributed by atoms with van der Waals surface area (Å²) in [4.78, 5) is 28.0. The summed E-state index contributed by atoms with van der Waals surface area (Å²) in [5.41, 5.74) is 1.41. The van der Waals surface area contributed by atoms with E-state index in [0.717, 1.165) is 32.1 Å². The van der Waals surface area contributed by atoms with Crippen molar-refractivity contribution >= 4 is 11.9 Å². The van der Waals surface area contributed by atoms with Crippen molar-refractivity contribution in [2.75, 3.05) is 27.2 Å². The van der Waals surface area contributed by atoms with E-state index in [4.69, 9.17) is 0 Å². The van der Waals surface area contributed by atoms with Gasteiger partial charge in [0, 0.05) is 33.2 Å². The van der Waals surface area contributed by atoms with E-state index in [0.29, 0.717) is 19.0 Å². The first-order chi connectivity index (χ1) is 12.0. The highest BCUT2D eigenvalue weighted by Crippen LogP contribution is 2.32. The molecule has 3 amide bonds. The first kappa shape index (κ1) is 17.8. The van der Waals surface area contributed by atoms with Crippen molar-refractivity contribution < 1.29 is 9.59 Å². The predicted octanol–water partition coefficient (Wildman–Crippen LogP) is 2.83. The van der Waals surface area contributed by atoms with Gasteiger partial charge in [-0.2, -0.15) is 0 Å².